The number of hydrogen-bond donors (Lipinski definition) is 1. The number of carbonyl (C=O) groups excluding carboxylic acids is 1. The minimum absolute atomic E-state index is 0.0736. The van der Waals surface area contributed by atoms with E-state index in [9.17, 15) is 22.0 Å². The van der Waals surface area contributed by atoms with Crippen LogP contribution in [0, 0.1) is 11.6 Å². The average Bonchev–Trinajstić information content (AvgIpc) is 2.54. The molecular formula is C16H17F2N3O3S. The molecule has 0 aliphatic carbocycles. The van der Waals surface area contributed by atoms with Gasteiger partial charge < -0.3 is 5.32 Å². The number of benzene rings is 1. The number of pyridine rings is 1. The Morgan fingerprint density at radius 1 is 1.20 bits per heavy atom. The van der Waals surface area contributed by atoms with E-state index >= 15 is 0 Å². The third-order valence-electron chi connectivity index (χ3n) is 3.37. The highest BCUT2D eigenvalue weighted by Crippen LogP contribution is 2.15. The Labute approximate surface area is 144 Å². The van der Waals surface area contributed by atoms with Crippen LogP contribution in [0.25, 0.3) is 0 Å². The fourth-order valence-electron chi connectivity index (χ4n) is 2.08. The number of rotatable bonds is 7. The van der Waals surface area contributed by atoms with E-state index in [1.807, 2.05) is 0 Å². The number of amides is 1. The molecule has 0 fully saturated rings. The summed E-state index contributed by atoms with van der Waals surface area (Å²) < 4.78 is 51.3. The normalized spacial score (nSPS) is 11.5. The minimum Gasteiger partial charge on any atom is -0.324 e. The van der Waals surface area contributed by atoms with Gasteiger partial charge in [-0.15, -0.1) is 0 Å². The van der Waals surface area contributed by atoms with E-state index in [0.717, 1.165) is 28.3 Å². The smallest absolute Gasteiger partial charge is 0.225 e. The summed E-state index contributed by atoms with van der Waals surface area (Å²) in [6.07, 6.45) is 3.96. The second kappa shape index (κ2) is 8.13. The number of nitrogens with one attached hydrogen (secondary N) is 1. The molecule has 0 saturated carbocycles. The van der Waals surface area contributed by atoms with E-state index < -0.39 is 27.6 Å². The van der Waals surface area contributed by atoms with Crippen LogP contribution in [0.1, 0.15) is 12.0 Å². The molecule has 0 spiro atoms. The summed E-state index contributed by atoms with van der Waals surface area (Å²) in [6.45, 7) is 0.0232. The maximum Gasteiger partial charge on any atom is 0.225 e. The second-order valence-corrected chi connectivity index (χ2v) is 7.36. The van der Waals surface area contributed by atoms with E-state index in [0.29, 0.717) is 6.07 Å². The predicted molar refractivity (Wildman–Crippen MR) is 89.1 cm³/mol. The standard InChI is InChI=1S/C16H17F2N3O3S/c1-25(23,24)21(11-12-4-7-19-8-5-12)9-6-16(22)20-15-3-2-13(17)10-14(15)18/h2-5,7-8,10H,6,9,11H2,1H3,(H,20,22). The molecule has 1 aromatic heterocycles. The van der Waals surface area contributed by atoms with Crippen molar-refractivity contribution >= 4 is 21.6 Å². The topological polar surface area (TPSA) is 79.4 Å². The number of sulfonamides is 1. The molecule has 0 radical (unpaired) electrons. The number of halogens is 2. The van der Waals surface area contributed by atoms with E-state index in [4.69, 9.17) is 0 Å². The third kappa shape index (κ3) is 5.87. The zero-order valence-electron chi connectivity index (χ0n) is 13.4. The molecule has 0 saturated heterocycles. The van der Waals surface area contributed by atoms with Crippen LogP contribution in [0.3, 0.4) is 0 Å². The van der Waals surface area contributed by atoms with Crippen LogP contribution in [-0.2, 0) is 21.4 Å². The van der Waals surface area contributed by atoms with Crippen LogP contribution in [0.4, 0.5) is 14.5 Å². The highest BCUT2D eigenvalue weighted by Gasteiger charge is 2.18. The van der Waals surface area contributed by atoms with Gasteiger partial charge >= 0.3 is 0 Å². The van der Waals surface area contributed by atoms with Gasteiger partial charge in [0.2, 0.25) is 15.9 Å². The molecule has 1 aromatic carbocycles. The Bertz CT molecular complexity index is 845. The van der Waals surface area contributed by atoms with Gasteiger partial charge in [0.1, 0.15) is 11.6 Å². The molecule has 0 atom stereocenters. The van der Waals surface area contributed by atoms with Crippen molar-refractivity contribution in [1.29, 1.82) is 0 Å². The summed E-state index contributed by atoms with van der Waals surface area (Å²) in [5.41, 5.74) is 0.567. The first-order chi connectivity index (χ1) is 11.8. The summed E-state index contributed by atoms with van der Waals surface area (Å²) in [7, 11) is -3.54. The van der Waals surface area contributed by atoms with Gasteiger partial charge in [-0.1, -0.05) is 0 Å². The molecule has 2 aromatic rings. The molecule has 0 unspecified atom stereocenters. The number of nitrogens with zero attached hydrogens (tertiary/aromatic N) is 2. The quantitative estimate of drug-likeness (QED) is 0.811. The van der Waals surface area contributed by atoms with E-state index in [1.54, 1.807) is 24.5 Å². The van der Waals surface area contributed by atoms with Crippen molar-refractivity contribution in [2.24, 2.45) is 0 Å². The van der Waals surface area contributed by atoms with Crippen molar-refractivity contribution < 1.29 is 22.0 Å². The Hall–Kier alpha value is -2.39. The maximum atomic E-state index is 13.5. The maximum absolute atomic E-state index is 13.5. The number of carbonyl (C=O) groups is 1. The largest absolute Gasteiger partial charge is 0.324 e. The van der Waals surface area contributed by atoms with Crippen LogP contribution in [0.15, 0.2) is 42.7 Å². The van der Waals surface area contributed by atoms with Gasteiger partial charge in [-0.3, -0.25) is 9.78 Å². The lowest BCUT2D eigenvalue weighted by Crippen LogP contribution is -2.32. The Kier molecular flexibility index (Phi) is 6.16. The van der Waals surface area contributed by atoms with Crippen molar-refractivity contribution in [1.82, 2.24) is 9.29 Å². The lowest BCUT2D eigenvalue weighted by molar-refractivity contribution is -0.116. The first-order valence-corrected chi connectivity index (χ1v) is 9.19. The molecule has 6 nitrogen and oxygen atoms in total. The average molecular weight is 369 g/mol. The number of hydrogen-bond acceptors (Lipinski definition) is 4. The predicted octanol–water partition coefficient (Wildman–Crippen LogP) is 2.15. The lowest BCUT2D eigenvalue weighted by atomic mass is 10.2. The SMILES string of the molecule is CS(=O)(=O)N(CCC(=O)Nc1ccc(F)cc1F)Cc1ccncc1. The highest BCUT2D eigenvalue weighted by molar-refractivity contribution is 7.88. The summed E-state index contributed by atoms with van der Waals surface area (Å²) >= 11 is 0. The minimum atomic E-state index is -3.54. The van der Waals surface area contributed by atoms with Gasteiger partial charge in [-0.05, 0) is 29.8 Å². The van der Waals surface area contributed by atoms with Crippen LogP contribution in [0.2, 0.25) is 0 Å². The molecule has 134 valence electrons. The first kappa shape index (κ1) is 18.9. The summed E-state index contributed by atoms with van der Waals surface area (Å²) in [4.78, 5) is 15.8. The molecule has 0 bridgehead atoms. The van der Waals surface area contributed by atoms with Gasteiger partial charge in [0.05, 0.1) is 11.9 Å². The molecule has 0 aliphatic heterocycles. The van der Waals surface area contributed by atoms with E-state index in [1.165, 1.54) is 0 Å². The second-order valence-electron chi connectivity index (χ2n) is 5.37. The van der Waals surface area contributed by atoms with Crippen molar-refractivity contribution in [3.63, 3.8) is 0 Å². The fourth-order valence-corrected chi connectivity index (χ4v) is 2.89. The fraction of sp³-hybridized carbons (Fsp3) is 0.250. The molecule has 9 heteroatoms. The number of anilines is 1. The van der Waals surface area contributed by atoms with Gasteiger partial charge in [-0.25, -0.2) is 17.2 Å². The van der Waals surface area contributed by atoms with Gasteiger partial charge in [0.25, 0.3) is 0 Å². The first-order valence-electron chi connectivity index (χ1n) is 7.34. The Morgan fingerprint density at radius 2 is 1.88 bits per heavy atom. The lowest BCUT2D eigenvalue weighted by Gasteiger charge is -2.19. The van der Waals surface area contributed by atoms with Crippen molar-refractivity contribution in [2.45, 2.75) is 13.0 Å². The van der Waals surface area contributed by atoms with Crippen LogP contribution < -0.4 is 5.32 Å². The summed E-state index contributed by atoms with van der Waals surface area (Å²) in [5.74, 6) is -2.23. The van der Waals surface area contributed by atoms with Gasteiger partial charge in [-0.2, -0.15) is 4.31 Å². The molecule has 2 rings (SSSR count). The summed E-state index contributed by atoms with van der Waals surface area (Å²) in [5, 5.41) is 2.30. The van der Waals surface area contributed by atoms with Gasteiger partial charge in [0, 0.05) is 38.0 Å². The van der Waals surface area contributed by atoms with Crippen LogP contribution >= 0.6 is 0 Å². The summed E-state index contributed by atoms with van der Waals surface area (Å²) in [6, 6.07) is 6.12. The van der Waals surface area contributed by atoms with Crippen LogP contribution in [0.5, 0.6) is 0 Å². The highest BCUT2D eigenvalue weighted by atomic mass is 32.2. The zero-order chi connectivity index (χ0) is 18.4. The Balaban J connectivity index is 1.99. The third-order valence-corrected chi connectivity index (χ3v) is 4.62. The van der Waals surface area contributed by atoms with Crippen molar-refractivity contribution in [2.75, 3.05) is 18.1 Å². The van der Waals surface area contributed by atoms with Crippen molar-refractivity contribution in [3.05, 3.63) is 59.9 Å². The molecule has 1 N–H and O–H groups in total. The van der Waals surface area contributed by atoms with Gasteiger partial charge in [0.15, 0.2) is 0 Å². The monoisotopic (exact) mass is 369 g/mol. The molecule has 1 amide bonds. The van der Waals surface area contributed by atoms with E-state index in [2.05, 4.69) is 10.3 Å². The molecule has 25 heavy (non-hydrogen) atoms. The number of aromatic nitrogens is 1. The van der Waals surface area contributed by atoms with E-state index in [-0.39, 0.29) is 25.2 Å². The van der Waals surface area contributed by atoms with Crippen LogP contribution in [-0.4, -0.2) is 36.4 Å². The molecular weight excluding hydrogens is 352 g/mol. The molecule has 1 heterocycles. The molecule has 0 aliphatic rings. The van der Waals surface area contributed by atoms with Crippen molar-refractivity contribution in [3.8, 4) is 0 Å². The zero-order valence-corrected chi connectivity index (χ0v) is 14.3. The Morgan fingerprint density at radius 3 is 2.48 bits per heavy atom.